The highest BCUT2D eigenvalue weighted by Gasteiger charge is 2.42. The summed E-state index contributed by atoms with van der Waals surface area (Å²) in [6.45, 7) is 2.35. The average Bonchev–Trinajstić information content (AvgIpc) is 2.81. The Balaban J connectivity index is 2.27. The third-order valence-electron chi connectivity index (χ3n) is 3.08. The molecule has 0 radical (unpaired) electrons. The van der Waals surface area contributed by atoms with Gasteiger partial charge in [0.1, 0.15) is 9.84 Å². The van der Waals surface area contributed by atoms with Gasteiger partial charge in [0.25, 0.3) is 0 Å². The SMILES string of the molecule is CN(CCS(C)(=O)=O)CC1(CCN)CC1. The van der Waals surface area contributed by atoms with Gasteiger partial charge in [-0.25, -0.2) is 8.42 Å². The van der Waals surface area contributed by atoms with E-state index in [2.05, 4.69) is 4.90 Å². The zero-order valence-electron chi connectivity index (χ0n) is 9.70. The number of hydrogen-bond donors (Lipinski definition) is 1. The Morgan fingerprint density at radius 1 is 1.40 bits per heavy atom. The van der Waals surface area contributed by atoms with Crippen LogP contribution in [0.3, 0.4) is 0 Å². The van der Waals surface area contributed by atoms with E-state index in [1.807, 2.05) is 7.05 Å². The Morgan fingerprint density at radius 3 is 2.40 bits per heavy atom. The molecule has 4 nitrogen and oxygen atoms in total. The lowest BCUT2D eigenvalue weighted by molar-refractivity contribution is 0.266. The molecule has 0 aromatic heterocycles. The molecule has 0 spiro atoms. The Kier molecular flexibility index (Phi) is 4.14. The van der Waals surface area contributed by atoms with Gasteiger partial charge in [-0.05, 0) is 38.3 Å². The number of rotatable bonds is 7. The van der Waals surface area contributed by atoms with Crippen molar-refractivity contribution in [2.75, 3.05) is 38.7 Å². The van der Waals surface area contributed by atoms with E-state index in [0.717, 1.165) is 19.5 Å². The summed E-state index contributed by atoms with van der Waals surface area (Å²) in [4.78, 5) is 2.11. The fraction of sp³-hybridized carbons (Fsp3) is 1.00. The van der Waals surface area contributed by atoms with Gasteiger partial charge < -0.3 is 10.6 Å². The molecule has 1 aliphatic rings. The molecule has 5 heteroatoms. The van der Waals surface area contributed by atoms with E-state index in [1.54, 1.807) is 0 Å². The molecule has 1 aliphatic carbocycles. The van der Waals surface area contributed by atoms with Crippen molar-refractivity contribution in [3.05, 3.63) is 0 Å². The van der Waals surface area contributed by atoms with Gasteiger partial charge in [-0.1, -0.05) is 0 Å². The van der Waals surface area contributed by atoms with E-state index < -0.39 is 9.84 Å². The number of nitrogens with zero attached hydrogens (tertiary/aromatic N) is 1. The molecular weight excluding hydrogens is 212 g/mol. The minimum atomic E-state index is -2.83. The predicted molar refractivity (Wildman–Crippen MR) is 62.5 cm³/mol. The summed E-state index contributed by atoms with van der Waals surface area (Å²) in [5.41, 5.74) is 5.96. The highest BCUT2D eigenvalue weighted by molar-refractivity contribution is 7.90. The van der Waals surface area contributed by atoms with Crippen LogP contribution in [-0.2, 0) is 9.84 Å². The van der Waals surface area contributed by atoms with Crippen LogP contribution in [0.4, 0.5) is 0 Å². The normalized spacial score (nSPS) is 19.5. The summed E-state index contributed by atoms with van der Waals surface area (Å²) < 4.78 is 22.0. The van der Waals surface area contributed by atoms with Crippen LogP contribution >= 0.6 is 0 Å². The molecule has 0 aliphatic heterocycles. The lowest BCUT2D eigenvalue weighted by Gasteiger charge is -2.22. The van der Waals surface area contributed by atoms with Crippen LogP contribution in [0.25, 0.3) is 0 Å². The smallest absolute Gasteiger partial charge is 0.148 e. The van der Waals surface area contributed by atoms with Crippen LogP contribution in [-0.4, -0.2) is 52.0 Å². The van der Waals surface area contributed by atoms with Crippen LogP contribution < -0.4 is 5.73 Å². The second-order valence-electron chi connectivity index (χ2n) is 4.91. The van der Waals surface area contributed by atoms with Crippen LogP contribution in [0, 0.1) is 5.41 Å². The minimum absolute atomic E-state index is 0.252. The van der Waals surface area contributed by atoms with Gasteiger partial charge in [0.05, 0.1) is 5.75 Å². The van der Waals surface area contributed by atoms with Crippen molar-refractivity contribution >= 4 is 9.84 Å². The highest BCUT2D eigenvalue weighted by Crippen LogP contribution is 2.48. The second-order valence-corrected chi connectivity index (χ2v) is 7.17. The van der Waals surface area contributed by atoms with E-state index in [-0.39, 0.29) is 5.75 Å². The minimum Gasteiger partial charge on any atom is -0.330 e. The van der Waals surface area contributed by atoms with Gasteiger partial charge in [0.2, 0.25) is 0 Å². The van der Waals surface area contributed by atoms with Gasteiger partial charge in [-0.3, -0.25) is 0 Å². The maximum absolute atomic E-state index is 11.0. The molecule has 0 heterocycles. The summed E-state index contributed by atoms with van der Waals surface area (Å²) in [7, 11) is -0.845. The van der Waals surface area contributed by atoms with Gasteiger partial charge in [-0.2, -0.15) is 0 Å². The standard InChI is InChI=1S/C10H22N2O2S/c1-12(7-8-15(2,13)14)9-10(3-4-10)5-6-11/h3-9,11H2,1-2H3. The summed E-state index contributed by atoms with van der Waals surface area (Å²) in [6, 6.07) is 0. The fourth-order valence-corrected chi connectivity index (χ4v) is 2.59. The van der Waals surface area contributed by atoms with Gasteiger partial charge in [0, 0.05) is 19.3 Å². The maximum atomic E-state index is 11.0. The summed E-state index contributed by atoms with van der Waals surface area (Å²) >= 11 is 0. The molecule has 0 amide bonds. The first-order chi connectivity index (χ1) is 6.87. The summed E-state index contributed by atoms with van der Waals surface area (Å²) in [5, 5.41) is 0. The Morgan fingerprint density at radius 2 is 2.00 bits per heavy atom. The molecule has 0 aromatic rings. The highest BCUT2D eigenvalue weighted by atomic mass is 32.2. The van der Waals surface area contributed by atoms with Crippen molar-refractivity contribution in [1.29, 1.82) is 0 Å². The third-order valence-corrected chi connectivity index (χ3v) is 4.01. The number of hydrogen-bond acceptors (Lipinski definition) is 4. The van der Waals surface area contributed by atoms with E-state index >= 15 is 0 Å². The molecule has 15 heavy (non-hydrogen) atoms. The molecule has 0 bridgehead atoms. The maximum Gasteiger partial charge on any atom is 0.148 e. The van der Waals surface area contributed by atoms with Crippen molar-refractivity contribution in [3.8, 4) is 0 Å². The average molecular weight is 234 g/mol. The lowest BCUT2D eigenvalue weighted by Crippen LogP contribution is -2.32. The van der Waals surface area contributed by atoms with Crippen LogP contribution in [0.15, 0.2) is 0 Å². The van der Waals surface area contributed by atoms with Crippen LogP contribution in [0.1, 0.15) is 19.3 Å². The number of nitrogens with two attached hydrogens (primary N) is 1. The van der Waals surface area contributed by atoms with Gasteiger partial charge in [-0.15, -0.1) is 0 Å². The zero-order chi connectivity index (χ0) is 11.5. The molecule has 90 valence electrons. The van der Waals surface area contributed by atoms with Crippen molar-refractivity contribution in [3.63, 3.8) is 0 Å². The molecule has 1 fully saturated rings. The van der Waals surface area contributed by atoms with Crippen molar-refractivity contribution in [1.82, 2.24) is 4.90 Å². The Labute approximate surface area is 92.7 Å². The second kappa shape index (κ2) is 4.80. The Hall–Kier alpha value is -0.130. The topological polar surface area (TPSA) is 63.4 Å². The summed E-state index contributed by atoms with van der Waals surface area (Å²) in [6.07, 6.45) is 4.84. The number of sulfone groups is 1. The summed E-state index contributed by atoms with van der Waals surface area (Å²) in [5.74, 6) is 0.252. The molecule has 0 unspecified atom stereocenters. The molecule has 0 aromatic carbocycles. The van der Waals surface area contributed by atoms with Gasteiger partial charge >= 0.3 is 0 Å². The van der Waals surface area contributed by atoms with Crippen molar-refractivity contribution < 1.29 is 8.42 Å². The largest absolute Gasteiger partial charge is 0.330 e. The monoisotopic (exact) mass is 234 g/mol. The van der Waals surface area contributed by atoms with Crippen molar-refractivity contribution in [2.45, 2.75) is 19.3 Å². The molecule has 0 atom stereocenters. The van der Waals surface area contributed by atoms with E-state index in [9.17, 15) is 8.42 Å². The van der Waals surface area contributed by atoms with Crippen LogP contribution in [0.2, 0.25) is 0 Å². The van der Waals surface area contributed by atoms with E-state index in [0.29, 0.717) is 12.0 Å². The molecule has 1 saturated carbocycles. The fourth-order valence-electron chi connectivity index (χ4n) is 1.94. The third kappa shape index (κ3) is 4.95. The molecule has 0 saturated heterocycles. The quantitative estimate of drug-likeness (QED) is 0.678. The zero-order valence-corrected chi connectivity index (χ0v) is 10.5. The van der Waals surface area contributed by atoms with Crippen molar-refractivity contribution in [2.24, 2.45) is 11.1 Å². The van der Waals surface area contributed by atoms with E-state index in [4.69, 9.17) is 5.73 Å². The van der Waals surface area contributed by atoms with E-state index in [1.165, 1.54) is 19.1 Å². The lowest BCUT2D eigenvalue weighted by atomic mass is 10.0. The molecular formula is C10H22N2O2S. The molecule has 1 rings (SSSR count). The Bertz CT molecular complexity index is 297. The van der Waals surface area contributed by atoms with Gasteiger partial charge in [0.15, 0.2) is 0 Å². The first-order valence-electron chi connectivity index (χ1n) is 5.43. The predicted octanol–water partition coefficient (Wildman–Crippen LogP) is 0.0918. The molecule has 2 N–H and O–H groups in total. The van der Waals surface area contributed by atoms with Crippen LogP contribution in [0.5, 0.6) is 0 Å². The first-order valence-corrected chi connectivity index (χ1v) is 7.49. The first kappa shape index (κ1) is 12.9.